The lowest BCUT2D eigenvalue weighted by Gasteiger charge is -2.27. The summed E-state index contributed by atoms with van der Waals surface area (Å²) >= 11 is 0. The molecule has 1 amide bonds. The Morgan fingerprint density at radius 3 is 2.65 bits per heavy atom. The molecule has 2 fully saturated rings. The lowest BCUT2D eigenvalue weighted by molar-refractivity contribution is -0.133. The molecule has 20 heavy (non-hydrogen) atoms. The van der Waals surface area contributed by atoms with Gasteiger partial charge < -0.3 is 10.6 Å². The Morgan fingerprint density at radius 1 is 1.30 bits per heavy atom. The van der Waals surface area contributed by atoms with Gasteiger partial charge in [-0.15, -0.1) is 0 Å². The maximum Gasteiger partial charge on any atom is 0.241 e. The Labute approximate surface area is 121 Å². The number of amides is 1. The molecule has 0 bridgehead atoms. The summed E-state index contributed by atoms with van der Waals surface area (Å²) in [5, 5.41) is 0. The number of hydrogen-bond donors (Lipinski definition) is 1. The summed E-state index contributed by atoms with van der Waals surface area (Å²) in [4.78, 5) is 14.3. The molecule has 0 spiro atoms. The number of nitrogens with two attached hydrogens (primary N) is 1. The van der Waals surface area contributed by atoms with Crippen molar-refractivity contribution in [1.29, 1.82) is 0 Å². The molecular weight excluding hydrogens is 278 g/mol. The van der Waals surface area contributed by atoms with Gasteiger partial charge in [-0.3, -0.25) is 4.79 Å². The summed E-state index contributed by atoms with van der Waals surface area (Å²) in [6.45, 7) is 4.29. The molecule has 7 heteroatoms. The quantitative estimate of drug-likeness (QED) is 0.775. The SMILES string of the molecule is CCCS(=O)(=O)N1CCCC1C(=O)N1CCC(CN)C1. The van der Waals surface area contributed by atoms with E-state index in [1.54, 1.807) is 4.90 Å². The Morgan fingerprint density at radius 2 is 2.05 bits per heavy atom. The average molecular weight is 303 g/mol. The Balaban J connectivity index is 2.06. The van der Waals surface area contributed by atoms with Crippen LogP contribution in [0.25, 0.3) is 0 Å². The second-order valence-corrected chi connectivity index (χ2v) is 7.80. The van der Waals surface area contributed by atoms with Crippen LogP contribution in [0.15, 0.2) is 0 Å². The van der Waals surface area contributed by atoms with Crippen molar-refractivity contribution in [3.05, 3.63) is 0 Å². The fourth-order valence-corrected chi connectivity index (χ4v) is 4.87. The number of carbonyl (C=O) groups is 1. The van der Waals surface area contributed by atoms with Crippen LogP contribution in [0.3, 0.4) is 0 Å². The van der Waals surface area contributed by atoms with Gasteiger partial charge in [-0.25, -0.2) is 8.42 Å². The fraction of sp³-hybridized carbons (Fsp3) is 0.923. The van der Waals surface area contributed by atoms with Crippen molar-refractivity contribution >= 4 is 15.9 Å². The first kappa shape index (κ1) is 15.7. The van der Waals surface area contributed by atoms with Crippen molar-refractivity contribution in [3.8, 4) is 0 Å². The van der Waals surface area contributed by atoms with Crippen LogP contribution >= 0.6 is 0 Å². The Bertz CT molecular complexity index is 452. The van der Waals surface area contributed by atoms with Gasteiger partial charge in [0.25, 0.3) is 0 Å². The van der Waals surface area contributed by atoms with Gasteiger partial charge in [0, 0.05) is 19.6 Å². The van der Waals surface area contributed by atoms with Crippen molar-refractivity contribution in [2.45, 2.75) is 38.6 Å². The number of likely N-dealkylation sites (tertiary alicyclic amines) is 1. The minimum atomic E-state index is -3.29. The molecule has 2 rings (SSSR count). The van der Waals surface area contributed by atoms with Gasteiger partial charge in [0.15, 0.2) is 0 Å². The van der Waals surface area contributed by atoms with Crippen LogP contribution in [-0.2, 0) is 14.8 Å². The van der Waals surface area contributed by atoms with Gasteiger partial charge in [-0.05, 0) is 38.1 Å². The van der Waals surface area contributed by atoms with Crippen LogP contribution in [0.5, 0.6) is 0 Å². The number of carbonyl (C=O) groups excluding carboxylic acids is 1. The van der Waals surface area contributed by atoms with E-state index in [-0.39, 0.29) is 11.7 Å². The first-order chi connectivity index (χ1) is 9.49. The highest BCUT2D eigenvalue weighted by Crippen LogP contribution is 2.26. The Kier molecular flexibility index (Phi) is 5.04. The highest BCUT2D eigenvalue weighted by Gasteiger charge is 2.41. The molecule has 0 saturated carbocycles. The van der Waals surface area contributed by atoms with Crippen molar-refractivity contribution in [3.63, 3.8) is 0 Å². The molecule has 0 aromatic carbocycles. The smallest absolute Gasteiger partial charge is 0.241 e. The molecule has 2 heterocycles. The zero-order valence-electron chi connectivity index (χ0n) is 12.1. The second-order valence-electron chi connectivity index (χ2n) is 5.76. The first-order valence-corrected chi connectivity index (χ1v) is 9.09. The molecule has 0 aromatic heterocycles. The zero-order chi connectivity index (χ0) is 14.8. The van der Waals surface area contributed by atoms with Crippen LogP contribution in [0.1, 0.15) is 32.6 Å². The molecule has 0 aromatic rings. The number of rotatable bonds is 5. The zero-order valence-corrected chi connectivity index (χ0v) is 12.9. The Hall–Kier alpha value is -0.660. The summed E-state index contributed by atoms with van der Waals surface area (Å²) in [6, 6.07) is -0.483. The van der Waals surface area contributed by atoms with Crippen LogP contribution in [0, 0.1) is 5.92 Å². The molecule has 6 nitrogen and oxygen atoms in total. The van der Waals surface area contributed by atoms with Gasteiger partial charge in [0.1, 0.15) is 6.04 Å². The third-order valence-corrected chi connectivity index (χ3v) is 6.31. The predicted octanol–water partition coefficient (Wildman–Crippen LogP) is -0.00220. The molecule has 0 aliphatic carbocycles. The highest BCUT2D eigenvalue weighted by atomic mass is 32.2. The van der Waals surface area contributed by atoms with Crippen LogP contribution < -0.4 is 5.73 Å². The fourth-order valence-electron chi connectivity index (χ4n) is 3.13. The van der Waals surface area contributed by atoms with Gasteiger partial charge in [0.05, 0.1) is 5.75 Å². The van der Waals surface area contributed by atoms with Gasteiger partial charge in [-0.2, -0.15) is 4.31 Å². The average Bonchev–Trinajstić information content (AvgIpc) is 3.07. The topological polar surface area (TPSA) is 83.7 Å². The summed E-state index contributed by atoms with van der Waals surface area (Å²) < 4.78 is 25.9. The minimum absolute atomic E-state index is 0.0295. The molecule has 0 radical (unpaired) electrons. The van der Waals surface area contributed by atoms with Crippen molar-refractivity contribution in [2.75, 3.05) is 31.9 Å². The van der Waals surface area contributed by atoms with Crippen LogP contribution in [0.2, 0.25) is 0 Å². The van der Waals surface area contributed by atoms with E-state index in [0.29, 0.717) is 44.9 Å². The van der Waals surface area contributed by atoms with E-state index < -0.39 is 16.1 Å². The summed E-state index contributed by atoms with van der Waals surface area (Å²) in [5.41, 5.74) is 5.64. The van der Waals surface area contributed by atoms with Crippen LogP contribution in [0.4, 0.5) is 0 Å². The molecule has 2 saturated heterocycles. The minimum Gasteiger partial charge on any atom is -0.341 e. The van der Waals surface area contributed by atoms with Gasteiger partial charge in [-0.1, -0.05) is 6.92 Å². The maximum absolute atomic E-state index is 12.5. The molecular formula is C13H25N3O3S. The second kappa shape index (κ2) is 6.41. The van der Waals surface area contributed by atoms with Gasteiger partial charge >= 0.3 is 0 Å². The summed E-state index contributed by atoms with van der Waals surface area (Å²) in [7, 11) is -3.29. The highest BCUT2D eigenvalue weighted by molar-refractivity contribution is 7.89. The molecule has 2 aliphatic rings. The largest absolute Gasteiger partial charge is 0.341 e. The van der Waals surface area contributed by atoms with Crippen molar-refractivity contribution in [1.82, 2.24) is 9.21 Å². The summed E-state index contributed by atoms with van der Waals surface area (Å²) in [6.07, 6.45) is 2.93. The molecule has 2 atom stereocenters. The normalized spacial score (nSPS) is 28.2. The van der Waals surface area contributed by atoms with E-state index in [1.807, 2.05) is 6.92 Å². The predicted molar refractivity (Wildman–Crippen MR) is 77.5 cm³/mol. The molecule has 116 valence electrons. The monoisotopic (exact) mass is 303 g/mol. The standard InChI is InChI=1S/C13H25N3O3S/c1-2-8-20(18,19)16-6-3-4-12(16)13(17)15-7-5-11(9-14)10-15/h11-12H,2-10,14H2,1H3. The van der Waals surface area contributed by atoms with Crippen molar-refractivity contribution < 1.29 is 13.2 Å². The number of hydrogen-bond acceptors (Lipinski definition) is 4. The third kappa shape index (κ3) is 3.15. The van der Waals surface area contributed by atoms with Crippen LogP contribution in [-0.4, -0.2) is 61.5 Å². The van der Waals surface area contributed by atoms with E-state index in [9.17, 15) is 13.2 Å². The first-order valence-electron chi connectivity index (χ1n) is 7.48. The lowest BCUT2D eigenvalue weighted by atomic mass is 10.1. The lowest BCUT2D eigenvalue weighted by Crippen LogP contribution is -2.47. The molecule has 2 N–H and O–H groups in total. The van der Waals surface area contributed by atoms with E-state index in [2.05, 4.69) is 0 Å². The summed E-state index contributed by atoms with van der Waals surface area (Å²) in [5.74, 6) is 0.460. The number of nitrogens with zero attached hydrogens (tertiary/aromatic N) is 2. The van der Waals surface area contributed by atoms with E-state index in [4.69, 9.17) is 5.73 Å². The van der Waals surface area contributed by atoms with E-state index in [0.717, 1.165) is 12.8 Å². The maximum atomic E-state index is 12.5. The number of sulfonamides is 1. The van der Waals surface area contributed by atoms with E-state index in [1.165, 1.54) is 4.31 Å². The van der Waals surface area contributed by atoms with Gasteiger partial charge in [0.2, 0.25) is 15.9 Å². The molecule has 2 aliphatic heterocycles. The third-order valence-electron chi connectivity index (χ3n) is 4.24. The molecule has 2 unspecified atom stereocenters. The van der Waals surface area contributed by atoms with E-state index >= 15 is 0 Å². The van der Waals surface area contributed by atoms with Crippen molar-refractivity contribution in [2.24, 2.45) is 11.7 Å².